The monoisotopic (exact) mass is 495 g/mol. The van der Waals surface area contributed by atoms with Gasteiger partial charge in [0.25, 0.3) is 5.91 Å². The number of nitrogens with zero attached hydrogens (tertiary/aromatic N) is 2. The number of rotatable bonds is 7. The van der Waals surface area contributed by atoms with Gasteiger partial charge in [-0.1, -0.05) is 18.2 Å². The van der Waals surface area contributed by atoms with Gasteiger partial charge in [-0.3, -0.25) is 4.79 Å². The summed E-state index contributed by atoms with van der Waals surface area (Å²) in [6.45, 7) is 3.40. The van der Waals surface area contributed by atoms with Crippen LogP contribution in [0.5, 0.6) is 0 Å². The predicted molar refractivity (Wildman–Crippen MR) is 116 cm³/mol. The zero-order chi connectivity index (χ0) is 19.1. The van der Waals surface area contributed by atoms with Crippen molar-refractivity contribution in [1.82, 2.24) is 15.6 Å². The van der Waals surface area contributed by atoms with E-state index < -0.39 is 5.91 Å². The van der Waals surface area contributed by atoms with Crippen molar-refractivity contribution in [1.29, 1.82) is 0 Å². The van der Waals surface area contributed by atoms with Crippen molar-refractivity contribution in [2.75, 3.05) is 6.54 Å². The Labute approximate surface area is 179 Å². The zero-order valence-corrected chi connectivity index (χ0v) is 17.7. The van der Waals surface area contributed by atoms with Crippen molar-refractivity contribution in [2.24, 2.45) is 10.7 Å². The summed E-state index contributed by atoms with van der Waals surface area (Å²) in [4.78, 5) is 20.0. The Balaban J connectivity index is 0.00000280. The number of hydrogen-bond acceptors (Lipinski definition) is 5. The fraction of sp³-hybridized carbons (Fsp3) is 0.211. The highest BCUT2D eigenvalue weighted by Gasteiger charge is 2.09. The summed E-state index contributed by atoms with van der Waals surface area (Å²) in [5.41, 5.74) is 6.82. The van der Waals surface area contributed by atoms with E-state index in [4.69, 9.17) is 14.6 Å². The molecule has 9 heteroatoms. The van der Waals surface area contributed by atoms with Crippen LogP contribution >= 0.6 is 24.0 Å². The van der Waals surface area contributed by atoms with Crippen LogP contribution in [0.3, 0.4) is 0 Å². The van der Waals surface area contributed by atoms with Crippen LogP contribution in [0.1, 0.15) is 28.9 Å². The molecular formula is C19H22IN5O3. The van der Waals surface area contributed by atoms with Crippen molar-refractivity contribution in [3.63, 3.8) is 0 Å². The van der Waals surface area contributed by atoms with E-state index >= 15 is 0 Å². The van der Waals surface area contributed by atoms with Gasteiger partial charge < -0.3 is 25.2 Å². The molecule has 1 aromatic carbocycles. The van der Waals surface area contributed by atoms with Gasteiger partial charge >= 0.3 is 0 Å². The Hall–Kier alpha value is -2.82. The third-order valence-corrected chi connectivity index (χ3v) is 3.65. The van der Waals surface area contributed by atoms with Crippen molar-refractivity contribution in [3.8, 4) is 11.5 Å². The van der Waals surface area contributed by atoms with E-state index in [1.807, 2.05) is 37.3 Å². The molecule has 0 saturated heterocycles. The van der Waals surface area contributed by atoms with Crippen LogP contribution < -0.4 is 16.4 Å². The van der Waals surface area contributed by atoms with Gasteiger partial charge in [0.1, 0.15) is 17.7 Å². The van der Waals surface area contributed by atoms with Gasteiger partial charge in [-0.05, 0) is 31.2 Å². The number of aromatic nitrogens is 1. The summed E-state index contributed by atoms with van der Waals surface area (Å²) < 4.78 is 10.9. The molecule has 0 aliphatic rings. The lowest BCUT2D eigenvalue weighted by Gasteiger charge is -2.09. The number of carbonyl (C=O) groups is 1. The van der Waals surface area contributed by atoms with Gasteiger partial charge in [0.2, 0.25) is 5.89 Å². The Morgan fingerprint density at radius 1 is 1.18 bits per heavy atom. The molecule has 0 atom stereocenters. The number of hydrogen-bond donors (Lipinski definition) is 3. The SMILES string of the molecule is CCNC(=NCc1coc(-c2ccccc2)n1)NCc1ccc(C(N)=O)o1.I. The molecule has 148 valence electrons. The number of amides is 1. The van der Waals surface area contributed by atoms with Gasteiger partial charge in [0, 0.05) is 12.1 Å². The van der Waals surface area contributed by atoms with Crippen LogP contribution in [0, 0.1) is 0 Å². The standard InChI is InChI=1S/C19H21N5O3.HI/c1-2-21-19(23-11-15-8-9-16(27-15)17(20)25)22-10-14-12-26-18(24-14)13-6-4-3-5-7-13;/h3-9,12H,2,10-11H2,1H3,(H2,20,25)(H2,21,22,23);1H. The Kier molecular flexibility index (Phi) is 8.05. The van der Waals surface area contributed by atoms with Crippen molar-refractivity contribution >= 4 is 35.8 Å². The average Bonchev–Trinajstić information content (AvgIpc) is 3.34. The zero-order valence-electron chi connectivity index (χ0n) is 15.3. The highest BCUT2D eigenvalue weighted by Crippen LogP contribution is 2.18. The van der Waals surface area contributed by atoms with Crippen molar-refractivity contribution < 1.29 is 13.6 Å². The molecule has 3 aromatic rings. The second-order valence-corrected chi connectivity index (χ2v) is 5.69. The number of carbonyl (C=O) groups excluding carboxylic acids is 1. The number of furan rings is 1. The number of primary amides is 1. The fourth-order valence-electron chi connectivity index (χ4n) is 2.37. The van der Waals surface area contributed by atoms with E-state index in [2.05, 4.69) is 20.6 Å². The van der Waals surface area contributed by atoms with Crippen LogP contribution in [0.4, 0.5) is 0 Å². The lowest BCUT2D eigenvalue weighted by molar-refractivity contribution is 0.0972. The van der Waals surface area contributed by atoms with Gasteiger partial charge in [-0.25, -0.2) is 9.98 Å². The first-order chi connectivity index (χ1) is 13.2. The molecule has 0 saturated carbocycles. The van der Waals surface area contributed by atoms with Crippen LogP contribution in [0.2, 0.25) is 0 Å². The molecule has 0 spiro atoms. The number of nitrogens with one attached hydrogen (secondary N) is 2. The molecule has 2 heterocycles. The Morgan fingerprint density at radius 3 is 2.64 bits per heavy atom. The van der Waals surface area contributed by atoms with Gasteiger partial charge in [0.05, 0.1) is 13.1 Å². The molecule has 2 aromatic heterocycles. The molecule has 0 bridgehead atoms. The molecular weight excluding hydrogens is 473 g/mol. The maximum absolute atomic E-state index is 11.1. The summed E-state index contributed by atoms with van der Waals surface area (Å²) in [6, 6.07) is 12.9. The van der Waals surface area contributed by atoms with Gasteiger partial charge in [-0.2, -0.15) is 0 Å². The highest BCUT2D eigenvalue weighted by molar-refractivity contribution is 14.0. The van der Waals surface area contributed by atoms with Crippen molar-refractivity contribution in [3.05, 3.63) is 65.9 Å². The van der Waals surface area contributed by atoms with Gasteiger partial charge in [-0.15, -0.1) is 24.0 Å². The number of benzene rings is 1. The van der Waals surface area contributed by atoms with E-state index in [-0.39, 0.29) is 29.7 Å². The molecule has 0 fully saturated rings. The number of nitrogens with two attached hydrogens (primary N) is 1. The molecule has 0 unspecified atom stereocenters. The minimum absolute atomic E-state index is 0. The normalized spacial score (nSPS) is 11.0. The van der Waals surface area contributed by atoms with E-state index in [1.165, 1.54) is 0 Å². The predicted octanol–water partition coefficient (Wildman–Crippen LogP) is 2.91. The third kappa shape index (κ3) is 5.84. The summed E-state index contributed by atoms with van der Waals surface area (Å²) in [7, 11) is 0. The molecule has 0 aliphatic heterocycles. The quantitative estimate of drug-likeness (QED) is 0.264. The van der Waals surface area contributed by atoms with Crippen molar-refractivity contribution in [2.45, 2.75) is 20.0 Å². The third-order valence-electron chi connectivity index (χ3n) is 3.65. The topological polar surface area (TPSA) is 119 Å². The number of halogens is 1. The molecule has 28 heavy (non-hydrogen) atoms. The lowest BCUT2D eigenvalue weighted by atomic mass is 10.2. The summed E-state index contributed by atoms with van der Waals surface area (Å²) in [5, 5.41) is 6.27. The molecule has 0 aliphatic carbocycles. The number of aliphatic imine (C=N–C) groups is 1. The Morgan fingerprint density at radius 2 is 1.96 bits per heavy atom. The Bertz CT molecular complexity index is 921. The maximum atomic E-state index is 11.1. The second-order valence-electron chi connectivity index (χ2n) is 5.69. The fourth-order valence-corrected chi connectivity index (χ4v) is 2.37. The van der Waals surface area contributed by atoms with E-state index in [1.54, 1.807) is 18.4 Å². The van der Waals surface area contributed by atoms with E-state index in [0.717, 1.165) is 11.3 Å². The lowest BCUT2D eigenvalue weighted by Crippen LogP contribution is -2.36. The first kappa shape index (κ1) is 21.5. The summed E-state index contributed by atoms with van der Waals surface area (Å²) in [5.74, 6) is 1.28. The molecule has 0 radical (unpaired) electrons. The second kappa shape index (κ2) is 10.5. The van der Waals surface area contributed by atoms with Crippen LogP contribution in [0.15, 0.2) is 62.6 Å². The number of oxazole rings is 1. The van der Waals surface area contributed by atoms with Crippen LogP contribution in [-0.2, 0) is 13.1 Å². The molecule has 1 amide bonds. The van der Waals surface area contributed by atoms with E-state index in [0.29, 0.717) is 37.2 Å². The molecule has 3 rings (SSSR count). The van der Waals surface area contributed by atoms with E-state index in [9.17, 15) is 4.79 Å². The molecule has 4 N–H and O–H groups in total. The maximum Gasteiger partial charge on any atom is 0.284 e. The molecule has 8 nitrogen and oxygen atoms in total. The minimum atomic E-state index is -0.595. The minimum Gasteiger partial charge on any atom is -0.454 e. The summed E-state index contributed by atoms with van der Waals surface area (Å²) in [6.07, 6.45) is 1.60. The van der Waals surface area contributed by atoms with Gasteiger partial charge in [0.15, 0.2) is 11.7 Å². The first-order valence-electron chi connectivity index (χ1n) is 8.56. The largest absolute Gasteiger partial charge is 0.454 e. The average molecular weight is 495 g/mol. The van der Waals surface area contributed by atoms with Crippen LogP contribution in [-0.4, -0.2) is 23.4 Å². The smallest absolute Gasteiger partial charge is 0.284 e. The highest BCUT2D eigenvalue weighted by atomic mass is 127. The summed E-state index contributed by atoms with van der Waals surface area (Å²) >= 11 is 0. The number of guanidine groups is 1. The van der Waals surface area contributed by atoms with Crippen LogP contribution in [0.25, 0.3) is 11.5 Å². The first-order valence-corrected chi connectivity index (χ1v) is 8.56.